The summed E-state index contributed by atoms with van der Waals surface area (Å²) in [4.78, 5) is 12.2. The minimum atomic E-state index is -0.293. The fourth-order valence-corrected chi connectivity index (χ4v) is 3.41. The molecule has 0 bridgehead atoms. The van der Waals surface area contributed by atoms with Crippen molar-refractivity contribution in [1.29, 1.82) is 0 Å². The molecule has 3 rings (SSSR count). The molecule has 3 aromatic carbocycles. The van der Waals surface area contributed by atoms with E-state index in [1.807, 2.05) is 50.2 Å². The van der Waals surface area contributed by atoms with Crippen LogP contribution in [0, 0.1) is 13.8 Å². The summed E-state index contributed by atoms with van der Waals surface area (Å²) >= 11 is 18.4. The Kier molecular flexibility index (Phi) is 7.48. The topological polar surface area (TPSA) is 50.4 Å². The molecule has 3 aromatic rings. The third-order valence-corrected chi connectivity index (χ3v) is 5.28. The first-order valence-corrected chi connectivity index (χ1v) is 10.4. The van der Waals surface area contributed by atoms with Gasteiger partial charge in [-0.1, -0.05) is 53.0 Å². The molecule has 0 aliphatic heterocycles. The van der Waals surface area contributed by atoms with Crippen LogP contribution < -0.4 is 15.4 Å². The Hall–Kier alpha value is -2.40. The van der Waals surface area contributed by atoms with Gasteiger partial charge in [-0.3, -0.25) is 4.79 Å². The normalized spacial score (nSPS) is 10.6. The molecule has 0 heterocycles. The Balaban J connectivity index is 1.56. The first-order chi connectivity index (χ1) is 14.3. The van der Waals surface area contributed by atoms with Crippen LogP contribution in [0.5, 0.6) is 5.75 Å². The number of aryl methyl sites for hydroxylation is 2. The predicted octanol–water partition coefficient (Wildman–Crippen LogP) is 6.89. The highest BCUT2D eigenvalue weighted by atomic mass is 35.5. The number of ether oxygens (including phenoxy) is 1. The number of nitrogens with one attached hydrogen (secondary N) is 2. The molecule has 0 fully saturated rings. The lowest BCUT2D eigenvalue weighted by Gasteiger charge is -2.13. The number of carbonyl (C=O) groups is 1. The molecule has 0 aliphatic carbocycles. The van der Waals surface area contributed by atoms with E-state index in [0.717, 1.165) is 22.4 Å². The molecule has 1 amide bonds. The zero-order valence-electron chi connectivity index (χ0n) is 16.6. The van der Waals surface area contributed by atoms with E-state index in [1.165, 1.54) is 0 Å². The Bertz CT molecular complexity index is 1070. The summed E-state index contributed by atoms with van der Waals surface area (Å²) < 4.78 is 5.58. The molecule has 0 atom stereocenters. The number of benzene rings is 3. The van der Waals surface area contributed by atoms with Crippen LogP contribution in [0.25, 0.3) is 0 Å². The summed E-state index contributed by atoms with van der Waals surface area (Å²) in [6.07, 6.45) is 0. The zero-order valence-corrected chi connectivity index (χ0v) is 18.8. The average Bonchev–Trinajstić information content (AvgIpc) is 2.70. The van der Waals surface area contributed by atoms with E-state index in [9.17, 15) is 4.79 Å². The van der Waals surface area contributed by atoms with E-state index in [-0.39, 0.29) is 12.5 Å². The van der Waals surface area contributed by atoms with Gasteiger partial charge in [0.2, 0.25) is 0 Å². The van der Waals surface area contributed by atoms with Crippen LogP contribution in [0.3, 0.4) is 0 Å². The molecule has 2 N–H and O–H groups in total. The van der Waals surface area contributed by atoms with Crippen LogP contribution in [-0.2, 0) is 11.3 Å². The lowest BCUT2D eigenvalue weighted by molar-refractivity contribution is -0.118. The summed E-state index contributed by atoms with van der Waals surface area (Å²) in [5.41, 5.74) is 4.61. The van der Waals surface area contributed by atoms with Gasteiger partial charge in [0, 0.05) is 28.0 Å². The molecular weight excluding hydrogens is 443 g/mol. The Morgan fingerprint density at radius 3 is 2.17 bits per heavy atom. The molecule has 0 aliphatic rings. The minimum absolute atomic E-state index is 0.162. The van der Waals surface area contributed by atoms with Gasteiger partial charge in [0.1, 0.15) is 5.75 Å². The first kappa shape index (κ1) is 22.3. The monoisotopic (exact) mass is 462 g/mol. The molecule has 30 heavy (non-hydrogen) atoms. The van der Waals surface area contributed by atoms with Crippen molar-refractivity contribution < 1.29 is 9.53 Å². The number of anilines is 2. The summed E-state index contributed by atoms with van der Waals surface area (Å²) in [5, 5.41) is 7.80. The van der Waals surface area contributed by atoms with Crippen molar-refractivity contribution in [3.8, 4) is 5.75 Å². The highest BCUT2D eigenvalue weighted by Gasteiger charge is 2.09. The fourth-order valence-electron chi connectivity index (χ4n) is 2.81. The maximum Gasteiger partial charge on any atom is 0.262 e. The van der Waals surface area contributed by atoms with Gasteiger partial charge in [-0.2, -0.15) is 0 Å². The van der Waals surface area contributed by atoms with Crippen molar-refractivity contribution in [2.45, 2.75) is 20.4 Å². The zero-order chi connectivity index (χ0) is 21.7. The van der Waals surface area contributed by atoms with Crippen LogP contribution >= 0.6 is 34.8 Å². The highest BCUT2D eigenvalue weighted by Crippen LogP contribution is 2.27. The molecule has 0 aromatic heterocycles. The third-order valence-electron chi connectivity index (χ3n) is 4.51. The van der Waals surface area contributed by atoms with Gasteiger partial charge >= 0.3 is 0 Å². The molecule has 4 nitrogen and oxygen atoms in total. The molecule has 0 radical (unpaired) electrons. The van der Waals surface area contributed by atoms with Gasteiger partial charge in [-0.15, -0.1) is 0 Å². The lowest BCUT2D eigenvalue weighted by atomic mass is 10.1. The number of hydrogen-bond acceptors (Lipinski definition) is 3. The van der Waals surface area contributed by atoms with Crippen molar-refractivity contribution >= 4 is 52.1 Å². The Labute approximate surface area is 191 Å². The van der Waals surface area contributed by atoms with E-state index in [1.54, 1.807) is 18.2 Å². The summed E-state index contributed by atoms with van der Waals surface area (Å²) in [7, 11) is 0. The second-order valence-electron chi connectivity index (χ2n) is 6.87. The van der Waals surface area contributed by atoms with Crippen molar-refractivity contribution in [2.75, 3.05) is 17.2 Å². The van der Waals surface area contributed by atoms with Gasteiger partial charge in [0.05, 0.1) is 5.02 Å². The SMILES string of the molecule is Cc1ccc(Cl)cc1NCc1ccc(OCC(=O)Nc2cc(Cl)ccc2C)c(Cl)c1. The van der Waals surface area contributed by atoms with Crippen molar-refractivity contribution in [2.24, 2.45) is 0 Å². The number of amides is 1. The maximum atomic E-state index is 12.2. The molecule has 0 saturated carbocycles. The van der Waals surface area contributed by atoms with E-state index >= 15 is 0 Å². The van der Waals surface area contributed by atoms with E-state index in [4.69, 9.17) is 39.5 Å². The molecule has 7 heteroatoms. The molecular formula is C23H21Cl3N2O2. The molecule has 156 valence electrons. The lowest BCUT2D eigenvalue weighted by Crippen LogP contribution is -2.20. The second-order valence-corrected chi connectivity index (χ2v) is 8.15. The van der Waals surface area contributed by atoms with Gasteiger partial charge in [-0.25, -0.2) is 0 Å². The third kappa shape index (κ3) is 6.05. The summed E-state index contributed by atoms with van der Waals surface area (Å²) in [6.45, 7) is 4.32. The number of carbonyl (C=O) groups excluding carboxylic acids is 1. The summed E-state index contributed by atoms with van der Waals surface area (Å²) in [6, 6.07) is 16.5. The predicted molar refractivity (Wildman–Crippen MR) is 125 cm³/mol. The van der Waals surface area contributed by atoms with Gasteiger partial charge in [0.25, 0.3) is 5.91 Å². The second kappa shape index (κ2) is 10.1. The largest absolute Gasteiger partial charge is 0.482 e. The van der Waals surface area contributed by atoms with Gasteiger partial charge in [-0.05, 0) is 66.9 Å². The number of hydrogen-bond donors (Lipinski definition) is 2. The highest BCUT2D eigenvalue weighted by molar-refractivity contribution is 6.32. The summed E-state index contributed by atoms with van der Waals surface area (Å²) in [5.74, 6) is 0.149. The smallest absolute Gasteiger partial charge is 0.262 e. The van der Waals surface area contributed by atoms with Gasteiger partial charge in [0.15, 0.2) is 6.61 Å². The standard InChI is InChI=1S/C23H21Cl3N2O2/c1-14-3-6-17(24)10-20(14)27-12-16-5-8-22(19(26)9-16)30-13-23(29)28-21-11-18(25)7-4-15(21)2/h3-11,27H,12-13H2,1-2H3,(H,28,29). The van der Waals surface area contributed by atoms with Crippen LogP contribution in [0.1, 0.15) is 16.7 Å². The number of rotatable bonds is 7. The maximum absolute atomic E-state index is 12.2. The van der Waals surface area contributed by atoms with E-state index in [2.05, 4.69) is 10.6 Å². The Morgan fingerprint density at radius 1 is 0.867 bits per heavy atom. The minimum Gasteiger partial charge on any atom is -0.482 e. The van der Waals surface area contributed by atoms with Crippen molar-refractivity contribution in [3.63, 3.8) is 0 Å². The first-order valence-electron chi connectivity index (χ1n) is 9.29. The van der Waals surface area contributed by atoms with E-state index < -0.39 is 0 Å². The van der Waals surface area contributed by atoms with Crippen LogP contribution in [0.2, 0.25) is 15.1 Å². The molecule has 0 spiro atoms. The quantitative estimate of drug-likeness (QED) is 0.401. The number of halogens is 3. The van der Waals surface area contributed by atoms with Crippen molar-refractivity contribution in [1.82, 2.24) is 0 Å². The fraction of sp³-hybridized carbons (Fsp3) is 0.174. The van der Waals surface area contributed by atoms with Gasteiger partial charge < -0.3 is 15.4 Å². The van der Waals surface area contributed by atoms with Crippen LogP contribution in [-0.4, -0.2) is 12.5 Å². The average molecular weight is 464 g/mol. The van der Waals surface area contributed by atoms with E-state index in [0.29, 0.717) is 33.0 Å². The van der Waals surface area contributed by atoms with Crippen molar-refractivity contribution in [3.05, 3.63) is 86.4 Å². The van der Waals surface area contributed by atoms with Crippen LogP contribution in [0.15, 0.2) is 54.6 Å². The van der Waals surface area contributed by atoms with Crippen LogP contribution in [0.4, 0.5) is 11.4 Å². The molecule has 0 saturated heterocycles. The Morgan fingerprint density at radius 2 is 1.50 bits per heavy atom. The molecule has 0 unspecified atom stereocenters.